The van der Waals surface area contributed by atoms with Crippen LogP contribution in [0.5, 0.6) is 0 Å². The van der Waals surface area contributed by atoms with E-state index in [9.17, 15) is 13.6 Å². The molecule has 0 aliphatic carbocycles. The van der Waals surface area contributed by atoms with Gasteiger partial charge in [0.1, 0.15) is 11.5 Å². The average molecular weight is 459 g/mol. The lowest BCUT2D eigenvalue weighted by atomic mass is 10.1. The first-order chi connectivity index (χ1) is 14.8. The van der Waals surface area contributed by atoms with Gasteiger partial charge in [0.05, 0.1) is 32.5 Å². The Balaban J connectivity index is 1.43. The predicted octanol–water partition coefficient (Wildman–Crippen LogP) is 5.23. The molecule has 0 aliphatic rings. The van der Waals surface area contributed by atoms with Crippen LogP contribution in [-0.4, -0.2) is 27.2 Å². The molecule has 0 fully saturated rings. The highest BCUT2D eigenvalue weighted by Crippen LogP contribution is 2.29. The minimum Gasteiger partial charge on any atom is -0.352 e. The lowest BCUT2D eigenvalue weighted by Gasteiger charge is -2.07. The van der Waals surface area contributed by atoms with Gasteiger partial charge < -0.3 is 5.32 Å². The third-order valence-electron chi connectivity index (χ3n) is 4.85. The summed E-state index contributed by atoms with van der Waals surface area (Å²) in [7, 11) is 0. The number of hydrogen-bond donors (Lipinski definition) is 1. The van der Waals surface area contributed by atoms with Crippen molar-refractivity contribution in [3.8, 4) is 16.3 Å². The Hall–Kier alpha value is -2.91. The van der Waals surface area contributed by atoms with E-state index in [4.69, 9.17) is 0 Å². The van der Waals surface area contributed by atoms with Gasteiger partial charge in [-0.05, 0) is 51.5 Å². The fraction of sp³-hybridized carbons (Fsp3) is 0.227. The molecule has 4 rings (SSSR count). The molecular formula is C22H20F2N4OS2. The van der Waals surface area contributed by atoms with E-state index in [1.54, 1.807) is 36.5 Å². The van der Waals surface area contributed by atoms with E-state index >= 15 is 0 Å². The van der Waals surface area contributed by atoms with Crippen molar-refractivity contribution in [2.75, 3.05) is 6.54 Å². The lowest BCUT2D eigenvalue weighted by Crippen LogP contribution is -2.26. The van der Waals surface area contributed by atoms with E-state index in [0.29, 0.717) is 29.9 Å². The van der Waals surface area contributed by atoms with Crippen molar-refractivity contribution >= 4 is 28.6 Å². The number of rotatable bonds is 6. The highest BCUT2D eigenvalue weighted by molar-refractivity contribution is 7.16. The van der Waals surface area contributed by atoms with Gasteiger partial charge in [0, 0.05) is 22.9 Å². The van der Waals surface area contributed by atoms with Crippen molar-refractivity contribution in [1.29, 1.82) is 0 Å². The lowest BCUT2D eigenvalue weighted by molar-refractivity contribution is 0.0953. The standard InChI is InChI=1S/C22H20F2N4OS2/c1-12-21(13(2)28(27-12)19-6-4-15(23)10-17(19)24)22(29)25-9-8-16-5-7-20(31-16)18-11-30-14(3)26-18/h4-7,10-11H,8-9H2,1-3H3,(H,25,29). The number of carbonyl (C=O) groups is 1. The Morgan fingerprint density at radius 2 is 1.97 bits per heavy atom. The molecule has 0 spiro atoms. The van der Waals surface area contributed by atoms with Crippen molar-refractivity contribution in [2.45, 2.75) is 27.2 Å². The summed E-state index contributed by atoms with van der Waals surface area (Å²) in [5.41, 5.74) is 2.46. The highest BCUT2D eigenvalue weighted by Gasteiger charge is 2.21. The second kappa shape index (κ2) is 8.68. The molecule has 0 saturated carbocycles. The van der Waals surface area contributed by atoms with Crippen LogP contribution in [0.4, 0.5) is 8.78 Å². The average Bonchev–Trinajstić information content (AvgIpc) is 3.41. The van der Waals surface area contributed by atoms with Gasteiger partial charge in [-0.3, -0.25) is 4.79 Å². The van der Waals surface area contributed by atoms with E-state index in [1.165, 1.54) is 10.7 Å². The molecule has 3 heterocycles. The van der Waals surface area contributed by atoms with E-state index in [2.05, 4.69) is 15.4 Å². The van der Waals surface area contributed by atoms with Gasteiger partial charge in [-0.1, -0.05) is 0 Å². The second-order valence-electron chi connectivity index (χ2n) is 7.08. The summed E-state index contributed by atoms with van der Waals surface area (Å²) >= 11 is 3.28. The minimum atomic E-state index is -0.735. The molecule has 3 aromatic heterocycles. The number of aromatic nitrogens is 3. The number of benzene rings is 1. The third-order valence-corrected chi connectivity index (χ3v) is 6.79. The fourth-order valence-electron chi connectivity index (χ4n) is 3.37. The molecule has 0 radical (unpaired) electrons. The van der Waals surface area contributed by atoms with Gasteiger partial charge in [-0.15, -0.1) is 22.7 Å². The number of amides is 1. The highest BCUT2D eigenvalue weighted by atomic mass is 32.1. The number of thiophene rings is 1. The maximum atomic E-state index is 14.2. The minimum absolute atomic E-state index is 0.101. The quantitative estimate of drug-likeness (QED) is 0.430. The van der Waals surface area contributed by atoms with Gasteiger partial charge in [-0.25, -0.2) is 18.4 Å². The van der Waals surface area contributed by atoms with E-state index in [0.717, 1.165) is 32.6 Å². The van der Waals surface area contributed by atoms with Gasteiger partial charge >= 0.3 is 0 Å². The maximum absolute atomic E-state index is 14.2. The molecule has 9 heteroatoms. The summed E-state index contributed by atoms with van der Waals surface area (Å²) in [6, 6.07) is 7.37. The zero-order chi connectivity index (χ0) is 22.1. The molecule has 1 aromatic carbocycles. The Morgan fingerprint density at radius 1 is 1.16 bits per heavy atom. The number of nitrogens with one attached hydrogen (secondary N) is 1. The van der Waals surface area contributed by atoms with Crippen molar-refractivity contribution in [3.05, 3.63) is 74.2 Å². The van der Waals surface area contributed by atoms with Crippen molar-refractivity contribution in [2.24, 2.45) is 0 Å². The van der Waals surface area contributed by atoms with Gasteiger partial charge in [0.15, 0.2) is 5.82 Å². The molecule has 0 aliphatic heterocycles. The van der Waals surface area contributed by atoms with Crippen LogP contribution in [0.25, 0.3) is 16.3 Å². The maximum Gasteiger partial charge on any atom is 0.255 e. The topological polar surface area (TPSA) is 59.8 Å². The summed E-state index contributed by atoms with van der Waals surface area (Å²) in [6.45, 7) is 5.83. The summed E-state index contributed by atoms with van der Waals surface area (Å²) in [5, 5.41) is 10.3. The van der Waals surface area contributed by atoms with Crippen molar-refractivity contribution in [1.82, 2.24) is 20.1 Å². The number of hydrogen-bond acceptors (Lipinski definition) is 5. The molecule has 0 atom stereocenters. The monoisotopic (exact) mass is 458 g/mol. The molecular weight excluding hydrogens is 438 g/mol. The molecule has 0 unspecified atom stereocenters. The smallest absolute Gasteiger partial charge is 0.255 e. The number of thiazole rings is 1. The summed E-state index contributed by atoms with van der Waals surface area (Å²) in [4.78, 5) is 19.5. The molecule has 4 aromatic rings. The number of halogens is 2. The number of carbonyl (C=O) groups excluding carboxylic acids is 1. The fourth-order valence-corrected chi connectivity index (χ4v) is 5.03. The van der Waals surface area contributed by atoms with Crippen LogP contribution >= 0.6 is 22.7 Å². The van der Waals surface area contributed by atoms with Crippen molar-refractivity contribution in [3.63, 3.8) is 0 Å². The number of nitrogens with zero attached hydrogens (tertiary/aromatic N) is 3. The van der Waals surface area contributed by atoms with Gasteiger partial charge in [0.25, 0.3) is 5.91 Å². The SMILES string of the molecule is Cc1nc(-c2ccc(CCNC(=O)c3c(C)nn(-c4ccc(F)cc4F)c3C)s2)cs1. The predicted molar refractivity (Wildman–Crippen MR) is 119 cm³/mol. The first-order valence-electron chi connectivity index (χ1n) is 9.64. The van der Waals surface area contributed by atoms with Gasteiger partial charge in [-0.2, -0.15) is 5.10 Å². The van der Waals surface area contributed by atoms with E-state index in [-0.39, 0.29) is 11.6 Å². The second-order valence-corrected chi connectivity index (χ2v) is 9.31. The molecule has 1 amide bonds. The Morgan fingerprint density at radius 3 is 2.68 bits per heavy atom. The van der Waals surface area contributed by atoms with Crippen LogP contribution in [0, 0.1) is 32.4 Å². The molecule has 0 bridgehead atoms. The summed E-state index contributed by atoms with van der Waals surface area (Å²) < 4.78 is 28.7. The normalized spacial score (nSPS) is 11.1. The molecule has 5 nitrogen and oxygen atoms in total. The molecule has 31 heavy (non-hydrogen) atoms. The molecule has 1 N–H and O–H groups in total. The third kappa shape index (κ3) is 4.42. The zero-order valence-electron chi connectivity index (χ0n) is 17.2. The molecule has 0 saturated heterocycles. The largest absolute Gasteiger partial charge is 0.352 e. The summed E-state index contributed by atoms with van der Waals surface area (Å²) in [6.07, 6.45) is 0.693. The Kier molecular flexibility index (Phi) is 5.97. The van der Waals surface area contributed by atoms with Crippen LogP contribution in [0.3, 0.4) is 0 Å². The van der Waals surface area contributed by atoms with Gasteiger partial charge in [0.2, 0.25) is 0 Å². The van der Waals surface area contributed by atoms with E-state index < -0.39 is 11.6 Å². The molecule has 160 valence electrons. The van der Waals surface area contributed by atoms with Crippen LogP contribution in [0.15, 0.2) is 35.7 Å². The summed E-state index contributed by atoms with van der Waals surface area (Å²) in [5.74, 6) is -1.67. The van der Waals surface area contributed by atoms with Crippen LogP contribution in [0.2, 0.25) is 0 Å². The first kappa shape index (κ1) is 21.3. The first-order valence-corrected chi connectivity index (χ1v) is 11.3. The number of aryl methyl sites for hydroxylation is 2. The Bertz CT molecular complexity index is 1260. The zero-order valence-corrected chi connectivity index (χ0v) is 18.8. The Labute approximate surface area is 186 Å². The van der Waals surface area contributed by atoms with Crippen LogP contribution < -0.4 is 5.32 Å². The van der Waals surface area contributed by atoms with Crippen LogP contribution in [-0.2, 0) is 6.42 Å². The van der Waals surface area contributed by atoms with E-state index in [1.807, 2.05) is 24.4 Å². The van der Waals surface area contributed by atoms with Crippen molar-refractivity contribution < 1.29 is 13.6 Å². The van der Waals surface area contributed by atoms with Crippen LogP contribution in [0.1, 0.15) is 31.6 Å².